The average Bonchev–Trinajstić information content (AvgIpc) is 3.33. The summed E-state index contributed by atoms with van der Waals surface area (Å²) in [6.45, 7) is 0.530. The fourth-order valence-electron chi connectivity index (χ4n) is 4.25. The summed E-state index contributed by atoms with van der Waals surface area (Å²) in [6, 6.07) is 11.9. The maximum absolute atomic E-state index is 13.3. The second-order valence-electron chi connectivity index (χ2n) is 9.34. The molecule has 4 amide bonds. The second-order valence-corrected chi connectivity index (χ2v) is 9.34. The number of carboxylic acids is 2. The number of aromatic amines is 1. The summed E-state index contributed by atoms with van der Waals surface area (Å²) < 4.78 is 0. The van der Waals surface area contributed by atoms with Gasteiger partial charge in [-0.1, -0.05) is 48.5 Å². The third kappa shape index (κ3) is 9.20. The standard InChI is InChI=1S/C28H31N5O8/c1-16(34)31-22(12-18-14-29-20-10-6-5-9-19(18)20)27(40)33-23(13-24(35)36)28(41)32-21(26(39)30-15-25(37)38)11-17-7-3-2-4-8-17/h2-10,14,21-23,29H,11-13,15H2,1H3,(H,30,39)(H,31,34)(H,32,41)(H,33,40)(H,35,36)(H,37,38)/t21-,22-,23-/m0/s1. The highest BCUT2D eigenvalue weighted by atomic mass is 16.4. The second kappa shape index (κ2) is 14.3. The Morgan fingerprint density at radius 3 is 2.00 bits per heavy atom. The van der Waals surface area contributed by atoms with Crippen molar-refractivity contribution in [3.8, 4) is 0 Å². The van der Waals surface area contributed by atoms with E-state index in [0.717, 1.165) is 10.9 Å². The van der Waals surface area contributed by atoms with Crippen LogP contribution in [0.3, 0.4) is 0 Å². The van der Waals surface area contributed by atoms with E-state index < -0.39 is 66.7 Å². The van der Waals surface area contributed by atoms with Gasteiger partial charge >= 0.3 is 11.9 Å². The van der Waals surface area contributed by atoms with E-state index in [0.29, 0.717) is 11.1 Å². The van der Waals surface area contributed by atoms with Crippen LogP contribution in [0.4, 0.5) is 0 Å². The SMILES string of the molecule is CC(=O)N[C@@H](Cc1c[nH]c2ccccc12)C(=O)N[C@@H](CC(=O)O)C(=O)N[C@@H](Cc1ccccc1)C(=O)NCC(=O)O. The average molecular weight is 566 g/mol. The first-order valence-electron chi connectivity index (χ1n) is 12.7. The number of aromatic nitrogens is 1. The fourth-order valence-corrected chi connectivity index (χ4v) is 4.25. The molecule has 0 aliphatic carbocycles. The predicted octanol–water partition coefficient (Wildman–Crippen LogP) is 0.103. The number of fused-ring (bicyclic) bond motifs is 1. The molecule has 1 aromatic heterocycles. The summed E-state index contributed by atoms with van der Waals surface area (Å²) in [5, 5.41) is 28.7. The Kier molecular flexibility index (Phi) is 10.6. The Morgan fingerprint density at radius 1 is 0.732 bits per heavy atom. The molecule has 3 rings (SSSR count). The number of H-pyrrole nitrogens is 1. The molecule has 0 saturated carbocycles. The van der Waals surface area contributed by atoms with E-state index in [-0.39, 0.29) is 12.8 Å². The van der Waals surface area contributed by atoms with Crippen molar-refractivity contribution in [2.45, 2.75) is 44.3 Å². The molecule has 1 heterocycles. The lowest BCUT2D eigenvalue weighted by molar-refractivity contribution is -0.142. The van der Waals surface area contributed by atoms with Crippen LogP contribution in [0.1, 0.15) is 24.5 Å². The number of hydrogen-bond donors (Lipinski definition) is 7. The van der Waals surface area contributed by atoms with E-state index in [2.05, 4.69) is 26.3 Å². The van der Waals surface area contributed by atoms with Crippen molar-refractivity contribution < 1.29 is 39.0 Å². The van der Waals surface area contributed by atoms with Crippen LogP contribution in [0.5, 0.6) is 0 Å². The molecule has 216 valence electrons. The van der Waals surface area contributed by atoms with Gasteiger partial charge in [-0.3, -0.25) is 28.8 Å². The van der Waals surface area contributed by atoms with Gasteiger partial charge < -0.3 is 36.5 Å². The molecule has 0 aliphatic heterocycles. The summed E-state index contributed by atoms with van der Waals surface area (Å²) in [7, 11) is 0. The molecule has 3 aromatic rings. The van der Waals surface area contributed by atoms with E-state index in [1.165, 1.54) is 6.92 Å². The maximum Gasteiger partial charge on any atom is 0.322 e. The smallest absolute Gasteiger partial charge is 0.322 e. The molecular weight excluding hydrogens is 534 g/mol. The third-order valence-corrected chi connectivity index (χ3v) is 6.13. The molecule has 0 bridgehead atoms. The Bertz CT molecular complexity index is 1420. The Hall–Kier alpha value is -5.20. The number of rotatable bonds is 14. The minimum atomic E-state index is -1.61. The van der Waals surface area contributed by atoms with Crippen molar-refractivity contribution in [3.63, 3.8) is 0 Å². The minimum absolute atomic E-state index is 0.0269. The highest BCUT2D eigenvalue weighted by molar-refractivity contribution is 5.96. The summed E-state index contributed by atoms with van der Waals surface area (Å²) in [6.07, 6.45) is 0.899. The zero-order valence-electron chi connectivity index (χ0n) is 22.2. The number of carboxylic acid groups (broad SMARTS) is 2. The van der Waals surface area contributed by atoms with Gasteiger partial charge in [-0.05, 0) is 17.2 Å². The van der Waals surface area contributed by atoms with Crippen LogP contribution in [0.2, 0.25) is 0 Å². The largest absolute Gasteiger partial charge is 0.481 e. The molecule has 0 unspecified atom stereocenters. The molecule has 0 fully saturated rings. The normalized spacial score (nSPS) is 12.9. The van der Waals surface area contributed by atoms with Crippen LogP contribution in [0.25, 0.3) is 10.9 Å². The minimum Gasteiger partial charge on any atom is -0.481 e. The van der Waals surface area contributed by atoms with Gasteiger partial charge in [0.1, 0.15) is 24.7 Å². The number of benzene rings is 2. The molecule has 13 nitrogen and oxygen atoms in total. The molecule has 2 aromatic carbocycles. The fraction of sp³-hybridized carbons (Fsp3) is 0.286. The number of para-hydroxylation sites is 1. The lowest BCUT2D eigenvalue weighted by Crippen LogP contribution is -2.58. The Labute approximate surface area is 234 Å². The van der Waals surface area contributed by atoms with Gasteiger partial charge in [-0.25, -0.2) is 0 Å². The first-order chi connectivity index (χ1) is 19.5. The van der Waals surface area contributed by atoms with E-state index >= 15 is 0 Å². The molecular formula is C28H31N5O8. The Morgan fingerprint density at radius 2 is 1.34 bits per heavy atom. The Balaban J connectivity index is 1.80. The molecule has 13 heteroatoms. The van der Waals surface area contributed by atoms with Gasteiger partial charge in [0.2, 0.25) is 23.6 Å². The molecule has 0 spiro atoms. The number of amides is 4. The maximum atomic E-state index is 13.3. The van der Waals surface area contributed by atoms with Crippen molar-refractivity contribution in [2.75, 3.05) is 6.54 Å². The summed E-state index contributed by atoms with van der Waals surface area (Å²) >= 11 is 0. The lowest BCUT2D eigenvalue weighted by atomic mass is 10.0. The topological polar surface area (TPSA) is 207 Å². The highest BCUT2D eigenvalue weighted by Gasteiger charge is 2.31. The van der Waals surface area contributed by atoms with E-state index in [9.17, 15) is 33.9 Å². The summed E-state index contributed by atoms with van der Waals surface area (Å²) in [5.74, 6) is -5.78. The van der Waals surface area contributed by atoms with Crippen molar-refractivity contribution in [2.24, 2.45) is 0 Å². The molecule has 7 N–H and O–H groups in total. The number of carbonyl (C=O) groups excluding carboxylic acids is 4. The molecule has 0 aliphatic rings. The zero-order valence-corrected chi connectivity index (χ0v) is 22.2. The van der Waals surface area contributed by atoms with Crippen LogP contribution in [-0.4, -0.2) is 75.4 Å². The summed E-state index contributed by atoms with van der Waals surface area (Å²) in [4.78, 5) is 76.7. The van der Waals surface area contributed by atoms with Crippen LogP contribution in [0, 0.1) is 0 Å². The highest BCUT2D eigenvalue weighted by Crippen LogP contribution is 2.19. The van der Waals surface area contributed by atoms with Crippen LogP contribution in [-0.2, 0) is 41.6 Å². The van der Waals surface area contributed by atoms with Gasteiger partial charge in [0.15, 0.2) is 0 Å². The van der Waals surface area contributed by atoms with Crippen molar-refractivity contribution >= 4 is 46.5 Å². The van der Waals surface area contributed by atoms with Crippen LogP contribution in [0.15, 0.2) is 60.8 Å². The molecule has 0 saturated heterocycles. The first-order valence-corrected chi connectivity index (χ1v) is 12.7. The number of hydrogen-bond acceptors (Lipinski definition) is 6. The van der Waals surface area contributed by atoms with Crippen LogP contribution < -0.4 is 21.3 Å². The van der Waals surface area contributed by atoms with Gasteiger partial charge in [-0.2, -0.15) is 0 Å². The number of aliphatic carboxylic acids is 2. The molecule has 0 radical (unpaired) electrons. The van der Waals surface area contributed by atoms with Crippen molar-refractivity contribution in [1.82, 2.24) is 26.3 Å². The van der Waals surface area contributed by atoms with Gasteiger partial charge in [-0.15, -0.1) is 0 Å². The van der Waals surface area contributed by atoms with Gasteiger partial charge in [0.05, 0.1) is 6.42 Å². The third-order valence-electron chi connectivity index (χ3n) is 6.13. The number of nitrogens with one attached hydrogen (secondary N) is 5. The monoisotopic (exact) mass is 565 g/mol. The first kappa shape index (κ1) is 30.3. The number of carbonyl (C=O) groups is 6. The van der Waals surface area contributed by atoms with Gasteiger partial charge in [0.25, 0.3) is 0 Å². The van der Waals surface area contributed by atoms with Gasteiger partial charge in [0, 0.05) is 36.9 Å². The quantitative estimate of drug-likeness (QED) is 0.142. The van der Waals surface area contributed by atoms with E-state index in [1.54, 1.807) is 36.5 Å². The van der Waals surface area contributed by atoms with E-state index in [4.69, 9.17) is 5.11 Å². The zero-order chi connectivity index (χ0) is 29.9. The lowest BCUT2D eigenvalue weighted by Gasteiger charge is -2.24. The molecule has 41 heavy (non-hydrogen) atoms. The van der Waals surface area contributed by atoms with Crippen molar-refractivity contribution in [3.05, 3.63) is 71.9 Å². The van der Waals surface area contributed by atoms with E-state index in [1.807, 2.05) is 24.3 Å². The van der Waals surface area contributed by atoms with Crippen molar-refractivity contribution in [1.29, 1.82) is 0 Å². The molecule has 3 atom stereocenters. The predicted molar refractivity (Wildman–Crippen MR) is 147 cm³/mol. The van der Waals surface area contributed by atoms with Crippen LogP contribution >= 0.6 is 0 Å². The summed E-state index contributed by atoms with van der Waals surface area (Å²) in [5.41, 5.74) is 2.18.